The highest BCUT2D eigenvalue weighted by Crippen LogP contribution is 2.40. The van der Waals surface area contributed by atoms with Gasteiger partial charge in [-0.25, -0.2) is 9.97 Å². The summed E-state index contributed by atoms with van der Waals surface area (Å²) < 4.78 is 1.63. The van der Waals surface area contributed by atoms with Crippen molar-refractivity contribution in [2.45, 2.75) is 0 Å². The molecule has 37 heavy (non-hydrogen) atoms. The number of hydrogen-bond acceptors (Lipinski definition) is 5. The van der Waals surface area contributed by atoms with Gasteiger partial charge in [0.2, 0.25) is 0 Å². The van der Waals surface area contributed by atoms with Gasteiger partial charge in [-0.05, 0) is 60.7 Å². The van der Waals surface area contributed by atoms with Crippen molar-refractivity contribution >= 4 is 56.3 Å². The Bertz CT molecular complexity index is 1780. The molecular weight excluding hydrogens is 523 g/mol. The van der Waals surface area contributed by atoms with Crippen LogP contribution in [0.1, 0.15) is 0 Å². The van der Waals surface area contributed by atoms with Crippen LogP contribution in [0.2, 0.25) is 10.0 Å². The number of aromatic nitrogens is 3. The van der Waals surface area contributed by atoms with Crippen LogP contribution in [0, 0.1) is 0 Å². The van der Waals surface area contributed by atoms with E-state index in [0.29, 0.717) is 37.6 Å². The lowest BCUT2D eigenvalue weighted by Crippen LogP contribution is -2.21. The van der Waals surface area contributed by atoms with E-state index in [1.54, 1.807) is 22.8 Å². The fraction of sp³-hybridized carbons (Fsp3) is 0. The number of thiazole rings is 1. The highest BCUT2D eigenvalue weighted by Gasteiger charge is 2.22. The first kappa shape index (κ1) is 23.4. The standard InChI is InChI=1S/C29H18Cl2N4OS/c30-19-10-14-21(15-11-19)32-29-34-25(18-6-2-1-3-7-18)26(37-29)27-33-24-9-5-4-8-23(24)28(36)35(27)22-16-12-20(31)13-17-22/h1-17H,(H,32,34). The van der Waals surface area contributed by atoms with E-state index in [9.17, 15) is 4.79 Å². The van der Waals surface area contributed by atoms with Gasteiger partial charge in [-0.15, -0.1) is 0 Å². The number of anilines is 2. The van der Waals surface area contributed by atoms with Crippen molar-refractivity contribution < 1.29 is 0 Å². The Morgan fingerprint density at radius 2 is 1.38 bits per heavy atom. The molecule has 0 aliphatic carbocycles. The summed E-state index contributed by atoms with van der Waals surface area (Å²) in [5.41, 5.74) is 3.62. The van der Waals surface area contributed by atoms with Crippen LogP contribution in [0.3, 0.4) is 0 Å². The van der Waals surface area contributed by atoms with Crippen molar-refractivity contribution in [3.63, 3.8) is 0 Å². The summed E-state index contributed by atoms with van der Waals surface area (Å²) in [7, 11) is 0. The largest absolute Gasteiger partial charge is 0.332 e. The van der Waals surface area contributed by atoms with Crippen LogP contribution in [0.5, 0.6) is 0 Å². The Morgan fingerprint density at radius 3 is 2.11 bits per heavy atom. The second kappa shape index (κ2) is 9.82. The molecule has 0 aliphatic heterocycles. The molecule has 0 amide bonds. The summed E-state index contributed by atoms with van der Waals surface area (Å²) in [5, 5.41) is 5.81. The molecule has 6 aromatic rings. The first-order valence-corrected chi connectivity index (χ1v) is 13.0. The molecule has 1 N–H and O–H groups in total. The molecule has 0 saturated carbocycles. The van der Waals surface area contributed by atoms with Gasteiger partial charge >= 0.3 is 0 Å². The number of nitrogens with one attached hydrogen (secondary N) is 1. The fourth-order valence-electron chi connectivity index (χ4n) is 4.09. The topological polar surface area (TPSA) is 59.8 Å². The molecular formula is C29H18Cl2N4OS. The molecule has 0 bridgehead atoms. The van der Waals surface area contributed by atoms with Crippen molar-refractivity contribution in [3.8, 4) is 27.6 Å². The molecule has 6 rings (SSSR count). The Hall–Kier alpha value is -3.97. The molecule has 0 saturated heterocycles. The zero-order valence-electron chi connectivity index (χ0n) is 19.2. The maximum absolute atomic E-state index is 13.8. The quantitative estimate of drug-likeness (QED) is 0.239. The third-order valence-corrected chi connectivity index (χ3v) is 7.30. The molecule has 0 radical (unpaired) electrons. The molecule has 0 fully saturated rings. The van der Waals surface area contributed by atoms with Crippen LogP contribution in [0.25, 0.3) is 38.5 Å². The van der Waals surface area contributed by atoms with E-state index in [0.717, 1.165) is 21.8 Å². The SMILES string of the molecule is O=c1c2ccccc2nc(-c2sc(Nc3ccc(Cl)cc3)nc2-c2ccccc2)n1-c1ccc(Cl)cc1. The van der Waals surface area contributed by atoms with Crippen LogP contribution in [-0.4, -0.2) is 14.5 Å². The summed E-state index contributed by atoms with van der Waals surface area (Å²) in [6, 6.07) is 31.8. The predicted molar refractivity (Wildman–Crippen MR) is 154 cm³/mol. The number of rotatable bonds is 5. The predicted octanol–water partition coefficient (Wildman–Crippen LogP) is 8.23. The first-order chi connectivity index (χ1) is 18.1. The molecule has 2 aromatic heterocycles. The zero-order valence-corrected chi connectivity index (χ0v) is 21.6. The van der Waals surface area contributed by atoms with E-state index in [1.165, 1.54) is 11.3 Å². The number of nitrogens with zero attached hydrogens (tertiary/aromatic N) is 3. The molecule has 0 aliphatic rings. The highest BCUT2D eigenvalue weighted by molar-refractivity contribution is 7.19. The van der Waals surface area contributed by atoms with Gasteiger partial charge in [-0.3, -0.25) is 9.36 Å². The summed E-state index contributed by atoms with van der Waals surface area (Å²) in [6.45, 7) is 0. The van der Waals surface area contributed by atoms with E-state index in [1.807, 2.05) is 84.9 Å². The maximum Gasteiger partial charge on any atom is 0.266 e. The molecule has 2 heterocycles. The highest BCUT2D eigenvalue weighted by atomic mass is 35.5. The van der Waals surface area contributed by atoms with Crippen molar-refractivity contribution in [3.05, 3.63) is 124 Å². The monoisotopic (exact) mass is 540 g/mol. The number of hydrogen-bond donors (Lipinski definition) is 1. The van der Waals surface area contributed by atoms with E-state index in [2.05, 4.69) is 5.32 Å². The summed E-state index contributed by atoms with van der Waals surface area (Å²) in [5.74, 6) is 0.506. The smallest absolute Gasteiger partial charge is 0.266 e. The van der Waals surface area contributed by atoms with Crippen molar-refractivity contribution in [1.82, 2.24) is 14.5 Å². The second-order valence-electron chi connectivity index (χ2n) is 8.26. The Balaban J connectivity index is 1.62. The summed E-state index contributed by atoms with van der Waals surface area (Å²) in [4.78, 5) is 24.5. The molecule has 180 valence electrons. The Labute approximate surface area is 226 Å². The Kier molecular flexibility index (Phi) is 6.22. The lowest BCUT2D eigenvalue weighted by atomic mass is 10.1. The van der Waals surface area contributed by atoms with Gasteiger partial charge in [0.1, 0.15) is 4.88 Å². The van der Waals surface area contributed by atoms with Crippen molar-refractivity contribution in [1.29, 1.82) is 0 Å². The van der Waals surface area contributed by atoms with Gasteiger partial charge in [0.05, 0.1) is 22.3 Å². The van der Waals surface area contributed by atoms with E-state index in [-0.39, 0.29) is 5.56 Å². The molecule has 0 unspecified atom stereocenters. The minimum Gasteiger partial charge on any atom is -0.332 e. The van der Waals surface area contributed by atoms with E-state index < -0.39 is 0 Å². The lowest BCUT2D eigenvalue weighted by Gasteiger charge is -2.14. The molecule has 0 atom stereocenters. The van der Waals surface area contributed by atoms with Crippen molar-refractivity contribution in [2.24, 2.45) is 0 Å². The number of benzene rings is 4. The maximum atomic E-state index is 13.8. The second-order valence-corrected chi connectivity index (χ2v) is 10.1. The van der Waals surface area contributed by atoms with Gasteiger partial charge < -0.3 is 5.32 Å². The van der Waals surface area contributed by atoms with Crippen molar-refractivity contribution in [2.75, 3.05) is 5.32 Å². The molecule has 8 heteroatoms. The lowest BCUT2D eigenvalue weighted by molar-refractivity contribution is 0.979. The van der Waals surface area contributed by atoms with Gasteiger partial charge in [0, 0.05) is 21.3 Å². The van der Waals surface area contributed by atoms with E-state index in [4.69, 9.17) is 33.2 Å². The molecule has 0 spiro atoms. The average Bonchev–Trinajstić information content (AvgIpc) is 3.35. The van der Waals surface area contributed by atoms with Gasteiger partial charge in [-0.1, -0.05) is 77.0 Å². The normalized spacial score (nSPS) is 11.1. The van der Waals surface area contributed by atoms with Crippen LogP contribution >= 0.6 is 34.5 Å². The van der Waals surface area contributed by atoms with Gasteiger partial charge in [-0.2, -0.15) is 0 Å². The summed E-state index contributed by atoms with van der Waals surface area (Å²) >= 11 is 13.7. The molecule has 5 nitrogen and oxygen atoms in total. The number of fused-ring (bicyclic) bond motifs is 1. The molecule has 4 aromatic carbocycles. The third-order valence-electron chi connectivity index (χ3n) is 5.83. The van der Waals surface area contributed by atoms with Crippen LogP contribution in [0.15, 0.2) is 108 Å². The van der Waals surface area contributed by atoms with Gasteiger partial charge in [0.25, 0.3) is 5.56 Å². The van der Waals surface area contributed by atoms with Crippen LogP contribution in [-0.2, 0) is 0 Å². The zero-order chi connectivity index (χ0) is 25.4. The summed E-state index contributed by atoms with van der Waals surface area (Å²) in [6.07, 6.45) is 0. The van der Waals surface area contributed by atoms with E-state index >= 15 is 0 Å². The fourth-order valence-corrected chi connectivity index (χ4v) is 5.33. The first-order valence-electron chi connectivity index (χ1n) is 11.4. The number of halogens is 2. The van der Waals surface area contributed by atoms with Crippen LogP contribution < -0.4 is 10.9 Å². The average molecular weight is 541 g/mol. The van der Waals surface area contributed by atoms with Gasteiger partial charge in [0.15, 0.2) is 11.0 Å². The minimum absolute atomic E-state index is 0.164. The third kappa shape index (κ3) is 4.62. The van der Waals surface area contributed by atoms with Crippen LogP contribution in [0.4, 0.5) is 10.8 Å². The number of para-hydroxylation sites is 1. The Morgan fingerprint density at radius 1 is 0.730 bits per heavy atom. The minimum atomic E-state index is -0.164.